The summed E-state index contributed by atoms with van der Waals surface area (Å²) in [6.45, 7) is -0.598. The van der Waals surface area contributed by atoms with Crippen LogP contribution in [-0.2, 0) is 6.42 Å². The van der Waals surface area contributed by atoms with Crippen molar-refractivity contribution in [3.05, 3.63) is 23.8 Å². The monoisotopic (exact) mass is 308 g/mol. The molecule has 0 N–H and O–H groups in total. The van der Waals surface area contributed by atoms with Gasteiger partial charge in [-0.25, -0.2) is 0 Å². The molecule has 0 fully saturated rings. The zero-order valence-electron chi connectivity index (χ0n) is 9.59. The first-order chi connectivity index (χ1) is 8.19. The van der Waals surface area contributed by atoms with E-state index >= 15 is 0 Å². The highest BCUT2D eigenvalue weighted by Crippen LogP contribution is 2.33. The van der Waals surface area contributed by atoms with Crippen LogP contribution in [0.15, 0.2) is 18.2 Å². The van der Waals surface area contributed by atoms with E-state index < -0.39 is 6.61 Å². The Morgan fingerprint density at radius 3 is 2.71 bits per heavy atom. The molecule has 1 aromatic rings. The van der Waals surface area contributed by atoms with E-state index in [0.717, 1.165) is 23.7 Å². The SMILES string of the molecule is CCOc1c(CCCBr)cccc1OC(F)F. The lowest BCUT2D eigenvalue weighted by atomic mass is 10.1. The van der Waals surface area contributed by atoms with Gasteiger partial charge in [0.15, 0.2) is 11.5 Å². The highest BCUT2D eigenvalue weighted by molar-refractivity contribution is 9.09. The highest BCUT2D eigenvalue weighted by atomic mass is 79.9. The fourth-order valence-electron chi connectivity index (χ4n) is 1.51. The number of alkyl halides is 3. The summed E-state index contributed by atoms with van der Waals surface area (Å²) in [5.74, 6) is 0.533. The molecule has 0 aliphatic carbocycles. The van der Waals surface area contributed by atoms with E-state index in [-0.39, 0.29) is 5.75 Å². The van der Waals surface area contributed by atoms with Gasteiger partial charge in [0.1, 0.15) is 0 Å². The van der Waals surface area contributed by atoms with Crippen molar-refractivity contribution in [1.29, 1.82) is 0 Å². The lowest BCUT2D eigenvalue weighted by Crippen LogP contribution is -2.06. The quantitative estimate of drug-likeness (QED) is 0.708. The Balaban J connectivity index is 2.94. The summed E-state index contributed by atoms with van der Waals surface area (Å²) in [6.07, 6.45) is 1.68. The lowest BCUT2D eigenvalue weighted by molar-refractivity contribution is -0.0515. The molecule has 0 bridgehead atoms. The number of benzene rings is 1. The van der Waals surface area contributed by atoms with Gasteiger partial charge in [0.25, 0.3) is 0 Å². The van der Waals surface area contributed by atoms with Crippen LogP contribution in [0.4, 0.5) is 8.78 Å². The largest absolute Gasteiger partial charge is 0.490 e. The average Bonchev–Trinajstić information content (AvgIpc) is 2.29. The molecule has 0 amide bonds. The van der Waals surface area contributed by atoms with Crippen LogP contribution in [0.5, 0.6) is 11.5 Å². The van der Waals surface area contributed by atoms with E-state index in [1.807, 2.05) is 13.0 Å². The number of aryl methyl sites for hydroxylation is 1. The molecular formula is C12H15BrF2O2. The van der Waals surface area contributed by atoms with Crippen molar-refractivity contribution < 1.29 is 18.3 Å². The maximum atomic E-state index is 12.2. The third-order valence-corrected chi connectivity index (χ3v) is 2.71. The molecule has 0 saturated heterocycles. The second-order valence-corrected chi connectivity index (χ2v) is 4.14. The minimum atomic E-state index is -2.83. The zero-order valence-corrected chi connectivity index (χ0v) is 11.2. The van der Waals surface area contributed by atoms with Crippen LogP contribution in [0.25, 0.3) is 0 Å². The summed E-state index contributed by atoms with van der Waals surface area (Å²) in [7, 11) is 0. The maximum Gasteiger partial charge on any atom is 0.387 e. The summed E-state index contributed by atoms with van der Waals surface area (Å²) in [5, 5.41) is 0.860. The highest BCUT2D eigenvalue weighted by Gasteiger charge is 2.14. The number of ether oxygens (including phenoxy) is 2. The smallest absolute Gasteiger partial charge is 0.387 e. The van der Waals surface area contributed by atoms with Crippen molar-refractivity contribution in [3.63, 3.8) is 0 Å². The predicted octanol–water partition coefficient (Wildman–Crippen LogP) is 4.01. The van der Waals surface area contributed by atoms with E-state index in [1.165, 1.54) is 6.07 Å². The van der Waals surface area contributed by atoms with E-state index in [0.29, 0.717) is 12.4 Å². The van der Waals surface area contributed by atoms with Crippen molar-refractivity contribution in [3.8, 4) is 11.5 Å². The first-order valence-corrected chi connectivity index (χ1v) is 6.56. The average molecular weight is 309 g/mol. The Labute approximate surface area is 108 Å². The van der Waals surface area contributed by atoms with Crippen molar-refractivity contribution in [2.75, 3.05) is 11.9 Å². The summed E-state index contributed by atoms with van der Waals surface area (Å²) >= 11 is 3.34. The molecule has 0 radical (unpaired) electrons. The van der Waals surface area contributed by atoms with Gasteiger partial charge in [0.2, 0.25) is 0 Å². The van der Waals surface area contributed by atoms with Crippen LogP contribution in [0.2, 0.25) is 0 Å². The van der Waals surface area contributed by atoms with E-state index in [4.69, 9.17) is 4.74 Å². The van der Waals surface area contributed by atoms with Crippen molar-refractivity contribution >= 4 is 15.9 Å². The summed E-state index contributed by atoms with van der Waals surface area (Å²) < 4.78 is 34.3. The molecule has 17 heavy (non-hydrogen) atoms. The topological polar surface area (TPSA) is 18.5 Å². The Bertz CT molecular complexity index is 345. The van der Waals surface area contributed by atoms with Crippen molar-refractivity contribution in [1.82, 2.24) is 0 Å². The molecule has 0 atom stereocenters. The zero-order chi connectivity index (χ0) is 12.7. The molecule has 1 rings (SSSR count). The van der Waals surface area contributed by atoms with E-state index in [1.54, 1.807) is 6.07 Å². The van der Waals surface area contributed by atoms with Gasteiger partial charge in [-0.15, -0.1) is 0 Å². The van der Waals surface area contributed by atoms with E-state index in [2.05, 4.69) is 20.7 Å². The first-order valence-electron chi connectivity index (χ1n) is 5.44. The molecule has 0 unspecified atom stereocenters. The second kappa shape index (κ2) is 7.48. The van der Waals surface area contributed by atoms with Crippen LogP contribution in [-0.4, -0.2) is 18.5 Å². The standard InChI is InChI=1S/C12H15BrF2O2/c1-2-16-11-9(6-4-8-13)5-3-7-10(11)17-12(14)15/h3,5,7,12H,2,4,6,8H2,1H3. The van der Waals surface area contributed by atoms with Crippen LogP contribution in [0, 0.1) is 0 Å². The number of para-hydroxylation sites is 1. The molecule has 0 heterocycles. The first kappa shape index (κ1) is 14.2. The van der Waals surface area contributed by atoms with Gasteiger partial charge < -0.3 is 9.47 Å². The normalized spacial score (nSPS) is 10.6. The van der Waals surface area contributed by atoms with Crippen LogP contribution in [0.1, 0.15) is 18.9 Å². The van der Waals surface area contributed by atoms with E-state index in [9.17, 15) is 8.78 Å². The van der Waals surface area contributed by atoms with Gasteiger partial charge in [0, 0.05) is 5.33 Å². The van der Waals surface area contributed by atoms with Gasteiger partial charge >= 0.3 is 6.61 Å². The molecule has 0 aliphatic rings. The maximum absolute atomic E-state index is 12.2. The van der Waals surface area contributed by atoms with Gasteiger partial charge in [-0.3, -0.25) is 0 Å². The molecule has 0 spiro atoms. The number of hydrogen-bond acceptors (Lipinski definition) is 2. The third kappa shape index (κ3) is 4.50. The molecule has 96 valence electrons. The molecule has 1 aromatic carbocycles. The number of halogens is 3. The number of rotatable bonds is 7. The molecule has 0 saturated carbocycles. The fraction of sp³-hybridized carbons (Fsp3) is 0.500. The summed E-state index contributed by atoms with van der Waals surface area (Å²) in [5.41, 5.74) is 0.893. The molecule has 0 aliphatic heterocycles. The summed E-state index contributed by atoms with van der Waals surface area (Å²) in [6, 6.07) is 5.06. The molecular weight excluding hydrogens is 294 g/mol. The van der Waals surface area contributed by atoms with Gasteiger partial charge in [-0.2, -0.15) is 8.78 Å². The molecule has 0 aromatic heterocycles. The van der Waals surface area contributed by atoms with Gasteiger partial charge in [-0.05, 0) is 31.4 Å². The number of hydrogen-bond donors (Lipinski definition) is 0. The van der Waals surface area contributed by atoms with Gasteiger partial charge in [-0.1, -0.05) is 28.1 Å². The Hall–Kier alpha value is -0.840. The Morgan fingerprint density at radius 1 is 1.35 bits per heavy atom. The van der Waals surface area contributed by atoms with Crippen molar-refractivity contribution in [2.45, 2.75) is 26.4 Å². The molecule has 5 heteroatoms. The van der Waals surface area contributed by atoms with Crippen molar-refractivity contribution in [2.24, 2.45) is 0 Å². The molecule has 2 nitrogen and oxygen atoms in total. The second-order valence-electron chi connectivity index (χ2n) is 3.35. The minimum Gasteiger partial charge on any atom is -0.490 e. The van der Waals surface area contributed by atoms with Crippen LogP contribution >= 0.6 is 15.9 Å². The Morgan fingerprint density at radius 2 is 2.12 bits per heavy atom. The lowest BCUT2D eigenvalue weighted by Gasteiger charge is -2.14. The fourth-order valence-corrected chi connectivity index (χ4v) is 1.79. The predicted molar refractivity (Wildman–Crippen MR) is 66.4 cm³/mol. The van der Waals surface area contributed by atoms with Crippen LogP contribution < -0.4 is 9.47 Å². The summed E-state index contributed by atoms with van der Waals surface area (Å²) in [4.78, 5) is 0. The van der Waals surface area contributed by atoms with Crippen LogP contribution in [0.3, 0.4) is 0 Å². The minimum absolute atomic E-state index is 0.105. The van der Waals surface area contributed by atoms with Gasteiger partial charge in [0.05, 0.1) is 6.61 Å². The Kier molecular flexibility index (Phi) is 6.26. The third-order valence-electron chi connectivity index (χ3n) is 2.14.